The molecule has 0 aromatic heterocycles. The van der Waals surface area contributed by atoms with E-state index >= 15 is 0 Å². The second-order valence-corrected chi connectivity index (χ2v) is 5.62. The van der Waals surface area contributed by atoms with Gasteiger partial charge in [-0.25, -0.2) is 4.39 Å². The van der Waals surface area contributed by atoms with Crippen molar-refractivity contribution in [1.82, 2.24) is 5.32 Å². The fourth-order valence-electron chi connectivity index (χ4n) is 2.48. The lowest BCUT2D eigenvalue weighted by atomic mass is 10.1. The number of fused-ring (bicyclic) bond motifs is 1. The van der Waals surface area contributed by atoms with Gasteiger partial charge in [0.1, 0.15) is 11.6 Å². The predicted molar refractivity (Wildman–Crippen MR) is 92.3 cm³/mol. The number of rotatable bonds is 5. The van der Waals surface area contributed by atoms with E-state index in [1.807, 2.05) is 42.5 Å². The SMILES string of the molecule is CC(Oc1ccc2ccccc2c1)C(=O)NCc1cccc(F)c1. The summed E-state index contributed by atoms with van der Waals surface area (Å²) in [6.45, 7) is 1.96. The highest BCUT2D eigenvalue weighted by molar-refractivity contribution is 5.84. The number of carbonyl (C=O) groups excluding carboxylic acids is 1. The molecule has 3 aromatic rings. The smallest absolute Gasteiger partial charge is 0.261 e. The maximum Gasteiger partial charge on any atom is 0.261 e. The number of halogens is 1. The van der Waals surface area contributed by atoms with Crippen LogP contribution in [0.5, 0.6) is 5.75 Å². The Labute approximate surface area is 140 Å². The Balaban J connectivity index is 1.60. The number of nitrogens with one attached hydrogen (secondary N) is 1. The minimum atomic E-state index is -0.639. The number of amides is 1. The van der Waals surface area contributed by atoms with Crippen molar-refractivity contribution in [2.75, 3.05) is 0 Å². The Bertz CT molecular complexity index is 863. The lowest BCUT2D eigenvalue weighted by Gasteiger charge is -2.15. The Morgan fingerprint density at radius 3 is 2.62 bits per heavy atom. The molecule has 0 bridgehead atoms. The third-order valence-electron chi connectivity index (χ3n) is 3.76. The number of hydrogen-bond donors (Lipinski definition) is 1. The number of carbonyl (C=O) groups is 1. The van der Waals surface area contributed by atoms with Gasteiger partial charge in [0.25, 0.3) is 5.91 Å². The van der Waals surface area contributed by atoms with Crippen LogP contribution in [0.2, 0.25) is 0 Å². The third-order valence-corrected chi connectivity index (χ3v) is 3.76. The van der Waals surface area contributed by atoms with Gasteiger partial charge in [-0.05, 0) is 47.5 Å². The van der Waals surface area contributed by atoms with Crippen LogP contribution in [0.1, 0.15) is 12.5 Å². The summed E-state index contributed by atoms with van der Waals surface area (Å²) in [5.41, 5.74) is 0.709. The highest BCUT2D eigenvalue weighted by atomic mass is 19.1. The van der Waals surface area contributed by atoms with Crippen LogP contribution in [0, 0.1) is 5.82 Å². The zero-order valence-electron chi connectivity index (χ0n) is 13.3. The monoisotopic (exact) mass is 323 g/mol. The van der Waals surface area contributed by atoms with Gasteiger partial charge < -0.3 is 10.1 Å². The first-order chi connectivity index (χ1) is 11.6. The molecule has 0 radical (unpaired) electrons. The van der Waals surface area contributed by atoms with Gasteiger partial charge in [0.15, 0.2) is 6.10 Å². The first-order valence-corrected chi connectivity index (χ1v) is 7.79. The van der Waals surface area contributed by atoms with Gasteiger partial charge in [0, 0.05) is 6.54 Å². The molecule has 1 N–H and O–H groups in total. The summed E-state index contributed by atoms with van der Waals surface area (Å²) in [6.07, 6.45) is -0.639. The molecule has 0 aliphatic heterocycles. The second-order valence-electron chi connectivity index (χ2n) is 5.62. The van der Waals surface area contributed by atoms with E-state index in [0.717, 1.165) is 10.8 Å². The minimum Gasteiger partial charge on any atom is -0.481 e. The van der Waals surface area contributed by atoms with Crippen molar-refractivity contribution in [2.24, 2.45) is 0 Å². The Morgan fingerprint density at radius 1 is 1.04 bits per heavy atom. The fraction of sp³-hybridized carbons (Fsp3) is 0.150. The molecule has 0 aliphatic carbocycles. The van der Waals surface area contributed by atoms with Crippen molar-refractivity contribution >= 4 is 16.7 Å². The molecule has 0 fully saturated rings. The van der Waals surface area contributed by atoms with E-state index in [0.29, 0.717) is 11.3 Å². The van der Waals surface area contributed by atoms with Gasteiger partial charge in [-0.3, -0.25) is 4.79 Å². The largest absolute Gasteiger partial charge is 0.481 e. The second kappa shape index (κ2) is 7.13. The molecule has 0 spiro atoms. The fourth-order valence-corrected chi connectivity index (χ4v) is 2.48. The van der Waals surface area contributed by atoms with Crippen molar-refractivity contribution in [3.8, 4) is 5.75 Å². The summed E-state index contributed by atoms with van der Waals surface area (Å²) in [4.78, 5) is 12.1. The van der Waals surface area contributed by atoms with Crippen LogP contribution in [0.15, 0.2) is 66.7 Å². The zero-order chi connectivity index (χ0) is 16.9. The number of ether oxygens (including phenoxy) is 1. The Kier molecular flexibility index (Phi) is 4.75. The van der Waals surface area contributed by atoms with Crippen LogP contribution < -0.4 is 10.1 Å². The molecule has 1 unspecified atom stereocenters. The molecule has 3 aromatic carbocycles. The molecule has 0 saturated carbocycles. The van der Waals surface area contributed by atoms with E-state index in [9.17, 15) is 9.18 Å². The van der Waals surface area contributed by atoms with Gasteiger partial charge in [0.2, 0.25) is 0 Å². The van der Waals surface area contributed by atoms with Crippen LogP contribution in [0.3, 0.4) is 0 Å². The van der Waals surface area contributed by atoms with E-state index in [2.05, 4.69) is 5.32 Å². The standard InChI is InChI=1S/C20H18FNO2/c1-14(20(23)22-13-15-5-4-8-18(21)11-15)24-19-10-9-16-6-2-3-7-17(16)12-19/h2-12,14H,13H2,1H3,(H,22,23). The average Bonchev–Trinajstić information content (AvgIpc) is 2.59. The third kappa shape index (κ3) is 3.90. The summed E-state index contributed by atoms with van der Waals surface area (Å²) in [7, 11) is 0. The summed E-state index contributed by atoms with van der Waals surface area (Å²) in [5, 5.41) is 4.93. The highest BCUT2D eigenvalue weighted by Crippen LogP contribution is 2.21. The maximum absolute atomic E-state index is 13.1. The van der Waals surface area contributed by atoms with Gasteiger partial charge >= 0.3 is 0 Å². The number of benzene rings is 3. The predicted octanol–water partition coefficient (Wildman–Crippen LogP) is 4.06. The minimum absolute atomic E-state index is 0.243. The Morgan fingerprint density at radius 2 is 1.83 bits per heavy atom. The van der Waals surface area contributed by atoms with Crippen molar-refractivity contribution in [3.05, 3.63) is 78.1 Å². The van der Waals surface area contributed by atoms with Crippen LogP contribution >= 0.6 is 0 Å². The number of hydrogen-bond acceptors (Lipinski definition) is 2. The molecule has 1 amide bonds. The first-order valence-electron chi connectivity index (χ1n) is 7.79. The average molecular weight is 323 g/mol. The van der Waals surface area contributed by atoms with E-state index in [-0.39, 0.29) is 18.3 Å². The quantitative estimate of drug-likeness (QED) is 0.769. The van der Waals surface area contributed by atoms with Crippen LogP contribution in [0.4, 0.5) is 4.39 Å². The lowest BCUT2D eigenvalue weighted by molar-refractivity contribution is -0.127. The Hall–Kier alpha value is -2.88. The molecule has 3 rings (SSSR count). The molecule has 3 nitrogen and oxygen atoms in total. The molecular weight excluding hydrogens is 305 g/mol. The summed E-state index contributed by atoms with van der Waals surface area (Å²) in [5.74, 6) is 0.0803. The zero-order valence-corrected chi connectivity index (χ0v) is 13.3. The van der Waals surface area contributed by atoms with Gasteiger partial charge in [-0.15, -0.1) is 0 Å². The summed E-state index contributed by atoms with van der Waals surface area (Å²) >= 11 is 0. The van der Waals surface area contributed by atoms with E-state index < -0.39 is 6.10 Å². The highest BCUT2D eigenvalue weighted by Gasteiger charge is 2.14. The molecule has 4 heteroatoms. The molecule has 1 atom stereocenters. The van der Waals surface area contributed by atoms with Crippen LogP contribution in [0.25, 0.3) is 10.8 Å². The van der Waals surface area contributed by atoms with Gasteiger partial charge in [0.05, 0.1) is 0 Å². The van der Waals surface area contributed by atoms with Crippen molar-refractivity contribution in [2.45, 2.75) is 19.6 Å². The summed E-state index contributed by atoms with van der Waals surface area (Å²) < 4.78 is 18.8. The normalized spacial score (nSPS) is 11.9. The molecule has 0 saturated heterocycles. The van der Waals surface area contributed by atoms with E-state index in [1.165, 1.54) is 12.1 Å². The van der Waals surface area contributed by atoms with Gasteiger partial charge in [-0.1, -0.05) is 42.5 Å². The van der Waals surface area contributed by atoms with Crippen LogP contribution in [-0.2, 0) is 11.3 Å². The topological polar surface area (TPSA) is 38.3 Å². The first kappa shape index (κ1) is 16.0. The maximum atomic E-state index is 13.1. The molecular formula is C20H18FNO2. The van der Waals surface area contributed by atoms with Gasteiger partial charge in [-0.2, -0.15) is 0 Å². The van der Waals surface area contributed by atoms with Crippen molar-refractivity contribution < 1.29 is 13.9 Å². The molecule has 24 heavy (non-hydrogen) atoms. The molecule has 0 heterocycles. The molecule has 122 valence electrons. The lowest BCUT2D eigenvalue weighted by Crippen LogP contribution is -2.35. The molecule has 0 aliphatic rings. The van der Waals surface area contributed by atoms with Crippen molar-refractivity contribution in [3.63, 3.8) is 0 Å². The van der Waals surface area contributed by atoms with E-state index in [1.54, 1.807) is 19.1 Å². The van der Waals surface area contributed by atoms with Crippen LogP contribution in [-0.4, -0.2) is 12.0 Å². The van der Waals surface area contributed by atoms with Crippen molar-refractivity contribution in [1.29, 1.82) is 0 Å². The van der Waals surface area contributed by atoms with E-state index in [4.69, 9.17) is 4.74 Å². The summed E-state index contributed by atoms with van der Waals surface area (Å²) in [6, 6.07) is 19.8.